The molecule has 36 heavy (non-hydrogen) atoms. The SMILES string of the molecule is CC(C)(C)CC[n+]1cn(-c2cccc(-n3c[n+](CCC(C)(C)C)c4ccccc43)c2)c2ccccc21. The molecule has 4 heteroatoms. The van der Waals surface area contributed by atoms with Gasteiger partial charge in [0.25, 0.3) is 0 Å². The molecule has 0 saturated carbocycles. The Morgan fingerprint density at radius 1 is 0.556 bits per heavy atom. The van der Waals surface area contributed by atoms with E-state index in [1.54, 1.807) is 0 Å². The summed E-state index contributed by atoms with van der Waals surface area (Å²) >= 11 is 0. The average molecular weight is 481 g/mol. The second-order valence-electron chi connectivity index (χ2n) is 12.5. The zero-order valence-corrected chi connectivity index (χ0v) is 22.7. The number of imidazole rings is 2. The highest BCUT2D eigenvalue weighted by Gasteiger charge is 2.22. The van der Waals surface area contributed by atoms with Crippen molar-refractivity contribution in [3.63, 3.8) is 0 Å². The Labute approximate surface area is 215 Å². The Kier molecular flexibility index (Phi) is 6.23. The molecule has 2 heterocycles. The predicted octanol–water partition coefficient (Wildman–Crippen LogP) is 7.02. The van der Waals surface area contributed by atoms with Crippen LogP contribution in [0.25, 0.3) is 33.4 Å². The van der Waals surface area contributed by atoms with Gasteiger partial charge in [0.1, 0.15) is 11.4 Å². The smallest absolute Gasteiger partial charge is 0.229 e. The lowest BCUT2D eigenvalue weighted by Crippen LogP contribution is -2.34. The van der Waals surface area contributed by atoms with Gasteiger partial charge in [0.05, 0.1) is 13.1 Å². The molecular weight excluding hydrogens is 440 g/mol. The average Bonchev–Trinajstić information content (AvgIpc) is 3.40. The Morgan fingerprint density at radius 2 is 0.972 bits per heavy atom. The molecule has 2 aromatic heterocycles. The first-order chi connectivity index (χ1) is 17.1. The largest absolute Gasteiger partial charge is 0.249 e. The molecule has 0 unspecified atom stereocenters. The highest BCUT2D eigenvalue weighted by molar-refractivity contribution is 5.76. The van der Waals surface area contributed by atoms with Gasteiger partial charge >= 0.3 is 0 Å². The van der Waals surface area contributed by atoms with Crippen LogP contribution in [0, 0.1) is 10.8 Å². The number of hydrogen-bond donors (Lipinski definition) is 0. The third kappa shape index (κ3) is 5.09. The van der Waals surface area contributed by atoms with Crippen molar-refractivity contribution in [2.45, 2.75) is 67.5 Å². The zero-order chi connectivity index (χ0) is 25.5. The van der Waals surface area contributed by atoms with E-state index in [2.05, 4.69) is 145 Å². The monoisotopic (exact) mass is 480 g/mol. The van der Waals surface area contributed by atoms with E-state index < -0.39 is 0 Å². The Hall–Kier alpha value is -3.40. The van der Waals surface area contributed by atoms with E-state index in [1.165, 1.54) is 33.4 Å². The highest BCUT2D eigenvalue weighted by atomic mass is 15.2. The second-order valence-corrected chi connectivity index (χ2v) is 12.5. The topological polar surface area (TPSA) is 17.6 Å². The third-order valence-corrected chi connectivity index (χ3v) is 7.00. The molecule has 3 aromatic carbocycles. The minimum absolute atomic E-state index is 0.300. The van der Waals surface area contributed by atoms with E-state index in [4.69, 9.17) is 0 Å². The van der Waals surface area contributed by atoms with Crippen LogP contribution in [0.3, 0.4) is 0 Å². The van der Waals surface area contributed by atoms with E-state index in [0.29, 0.717) is 10.8 Å². The fraction of sp³-hybridized carbons (Fsp3) is 0.375. The van der Waals surface area contributed by atoms with Gasteiger partial charge in [0.15, 0.2) is 22.1 Å². The third-order valence-electron chi connectivity index (χ3n) is 7.00. The molecule has 0 bridgehead atoms. The van der Waals surface area contributed by atoms with Crippen LogP contribution in [-0.2, 0) is 13.1 Å². The van der Waals surface area contributed by atoms with Crippen LogP contribution >= 0.6 is 0 Å². The number of benzene rings is 3. The summed E-state index contributed by atoms with van der Waals surface area (Å²) in [6.07, 6.45) is 6.81. The van der Waals surface area contributed by atoms with Crippen LogP contribution in [0.2, 0.25) is 0 Å². The van der Waals surface area contributed by atoms with E-state index in [-0.39, 0.29) is 0 Å². The first kappa shape index (κ1) is 24.3. The maximum atomic E-state index is 2.40. The van der Waals surface area contributed by atoms with E-state index >= 15 is 0 Å². The summed E-state index contributed by atoms with van der Waals surface area (Å²) in [7, 11) is 0. The number of rotatable bonds is 6. The summed E-state index contributed by atoms with van der Waals surface area (Å²) in [6, 6.07) is 26.4. The number of para-hydroxylation sites is 4. The van der Waals surface area contributed by atoms with Crippen molar-refractivity contribution < 1.29 is 9.13 Å². The standard InChI is InChI=1S/C32H40N4/c1-31(2,3)18-20-33-23-35(29-16-9-7-14-27(29)33)25-12-11-13-26(22-25)36-24-34(21-19-32(4,5)6)28-15-8-10-17-30(28)36/h7-17,22-24H,18-21H2,1-6H3/q+2. The van der Waals surface area contributed by atoms with Crippen molar-refractivity contribution in [2.24, 2.45) is 10.8 Å². The number of hydrogen-bond acceptors (Lipinski definition) is 0. The molecule has 0 amide bonds. The number of nitrogens with zero attached hydrogens (tertiary/aromatic N) is 4. The molecule has 5 aromatic rings. The van der Waals surface area contributed by atoms with Gasteiger partial charge < -0.3 is 0 Å². The minimum Gasteiger partial charge on any atom is -0.229 e. The summed E-state index contributed by atoms with van der Waals surface area (Å²) in [4.78, 5) is 0. The van der Waals surface area contributed by atoms with Gasteiger partial charge in [-0.2, -0.15) is 9.13 Å². The van der Waals surface area contributed by atoms with E-state index in [9.17, 15) is 0 Å². The quantitative estimate of drug-likeness (QED) is 0.232. The molecule has 0 aliphatic heterocycles. The molecular formula is C32H40N4+2. The van der Waals surface area contributed by atoms with Crippen LogP contribution < -0.4 is 9.13 Å². The van der Waals surface area contributed by atoms with Crippen molar-refractivity contribution in [1.29, 1.82) is 0 Å². The lowest BCUT2D eigenvalue weighted by Gasteiger charge is -2.16. The predicted molar refractivity (Wildman–Crippen MR) is 149 cm³/mol. The fourth-order valence-electron chi connectivity index (χ4n) is 4.82. The second kappa shape index (κ2) is 9.24. The molecule has 0 aliphatic carbocycles. The molecule has 0 atom stereocenters. The van der Waals surface area contributed by atoms with Crippen molar-refractivity contribution in [3.05, 3.63) is 85.5 Å². The summed E-state index contributed by atoms with van der Waals surface area (Å²) in [5.74, 6) is 0. The first-order valence-electron chi connectivity index (χ1n) is 13.2. The number of aromatic nitrogens is 4. The maximum absolute atomic E-state index is 2.40. The molecule has 0 spiro atoms. The van der Waals surface area contributed by atoms with Crippen molar-refractivity contribution in [1.82, 2.24) is 9.13 Å². The molecule has 186 valence electrons. The van der Waals surface area contributed by atoms with E-state index in [0.717, 1.165) is 25.9 Å². The van der Waals surface area contributed by atoms with Gasteiger partial charge in [-0.25, -0.2) is 9.13 Å². The van der Waals surface area contributed by atoms with Gasteiger partial charge in [0, 0.05) is 6.07 Å². The molecule has 0 N–H and O–H groups in total. The van der Waals surface area contributed by atoms with Gasteiger partial charge in [-0.15, -0.1) is 0 Å². The Bertz CT molecular complexity index is 1390. The summed E-state index contributed by atoms with van der Waals surface area (Å²) < 4.78 is 9.47. The van der Waals surface area contributed by atoms with Crippen LogP contribution in [0.5, 0.6) is 0 Å². The summed E-state index contributed by atoms with van der Waals surface area (Å²) in [6.45, 7) is 15.9. The molecule has 4 nitrogen and oxygen atoms in total. The molecule has 0 aliphatic rings. The lowest BCUT2D eigenvalue weighted by molar-refractivity contribution is -0.673. The van der Waals surface area contributed by atoms with Crippen molar-refractivity contribution in [2.75, 3.05) is 0 Å². The summed E-state index contributed by atoms with van der Waals surface area (Å²) in [5.41, 5.74) is 7.98. The maximum Gasteiger partial charge on any atom is 0.249 e. The molecule has 0 saturated heterocycles. The zero-order valence-electron chi connectivity index (χ0n) is 22.7. The van der Waals surface area contributed by atoms with Crippen molar-refractivity contribution >= 4 is 22.1 Å². The highest BCUT2D eigenvalue weighted by Crippen LogP contribution is 2.24. The van der Waals surface area contributed by atoms with Gasteiger partial charge in [0.2, 0.25) is 12.7 Å². The number of aryl methyl sites for hydroxylation is 2. The first-order valence-corrected chi connectivity index (χ1v) is 13.2. The van der Waals surface area contributed by atoms with E-state index in [1.807, 2.05) is 0 Å². The van der Waals surface area contributed by atoms with Crippen LogP contribution in [0.1, 0.15) is 54.4 Å². The summed E-state index contributed by atoms with van der Waals surface area (Å²) in [5, 5.41) is 0. The lowest BCUT2D eigenvalue weighted by atomic mass is 9.92. The Balaban J connectivity index is 1.57. The Morgan fingerprint density at radius 3 is 1.39 bits per heavy atom. The van der Waals surface area contributed by atoms with Gasteiger partial charge in [-0.1, -0.05) is 71.9 Å². The minimum atomic E-state index is 0.300. The van der Waals surface area contributed by atoms with Crippen LogP contribution in [0.15, 0.2) is 85.5 Å². The molecule has 0 fully saturated rings. The number of fused-ring (bicyclic) bond motifs is 2. The fourth-order valence-corrected chi connectivity index (χ4v) is 4.82. The van der Waals surface area contributed by atoms with Crippen LogP contribution in [-0.4, -0.2) is 9.13 Å². The molecule has 5 rings (SSSR count). The normalized spacial score (nSPS) is 12.6. The van der Waals surface area contributed by atoms with Crippen LogP contribution in [0.4, 0.5) is 0 Å². The van der Waals surface area contributed by atoms with Crippen molar-refractivity contribution in [3.8, 4) is 11.4 Å². The van der Waals surface area contributed by atoms with Gasteiger partial charge in [-0.3, -0.25) is 0 Å². The molecule has 0 radical (unpaired) electrons. The van der Waals surface area contributed by atoms with Gasteiger partial charge in [-0.05, 0) is 60.1 Å².